The van der Waals surface area contributed by atoms with Gasteiger partial charge in [0.1, 0.15) is 17.5 Å². The summed E-state index contributed by atoms with van der Waals surface area (Å²) in [6.07, 6.45) is 0. The minimum atomic E-state index is 0.0277. The van der Waals surface area contributed by atoms with Crippen LogP contribution in [0.25, 0.3) is 22.4 Å². The van der Waals surface area contributed by atoms with Crippen LogP contribution in [0.2, 0.25) is 0 Å². The number of rotatable bonds is 3. The number of benzene rings is 2. The van der Waals surface area contributed by atoms with Gasteiger partial charge in [-0.3, -0.25) is 0 Å². The third-order valence-corrected chi connectivity index (χ3v) is 4.32. The fourth-order valence-electron chi connectivity index (χ4n) is 2.52. The van der Waals surface area contributed by atoms with Crippen LogP contribution in [-0.4, -0.2) is 17.2 Å². The zero-order valence-electron chi connectivity index (χ0n) is 13.3. The highest BCUT2D eigenvalue weighted by Gasteiger charge is 2.15. The van der Waals surface area contributed by atoms with Crippen molar-refractivity contribution in [2.75, 3.05) is 12.8 Å². The highest BCUT2D eigenvalue weighted by atomic mass is 79.9. The molecule has 3 N–H and O–H groups in total. The van der Waals surface area contributed by atoms with Crippen molar-refractivity contribution in [1.82, 2.24) is 4.98 Å². The van der Waals surface area contributed by atoms with Crippen LogP contribution in [0.1, 0.15) is 5.56 Å². The Bertz CT molecular complexity index is 979. The number of hydrogen-bond acceptors (Lipinski definition) is 5. The molecule has 3 rings (SSSR count). The predicted octanol–water partition coefficient (Wildman–Crippen LogP) is 4.35. The van der Waals surface area contributed by atoms with Gasteiger partial charge in [0.2, 0.25) is 0 Å². The molecule has 2 aromatic carbocycles. The number of aromatic nitrogens is 1. The van der Waals surface area contributed by atoms with Crippen molar-refractivity contribution in [2.45, 2.75) is 0 Å². The summed E-state index contributed by atoms with van der Waals surface area (Å²) in [4.78, 5) is 4.35. The molecular formula is C19H14BrN3O2. The molecule has 0 saturated heterocycles. The maximum Gasteiger partial charge on any atom is 0.161 e. The number of hydrogen-bond donors (Lipinski definition) is 2. The molecule has 3 aromatic rings. The van der Waals surface area contributed by atoms with Crippen LogP contribution in [0.4, 0.5) is 5.82 Å². The number of pyridine rings is 1. The Labute approximate surface area is 153 Å². The largest absolute Gasteiger partial charge is 0.504 e. The second kappa shape index (κ2) is 6.83. The molecule has 0 aliphatic heterocycles. The highest BCUT2D eigenvalue weighted by molar-refractivity contribution is 9.10. The molecule has 5 nitrogen and oxygen atoms in total. The van der Waals surface area contributed by atoms with Crippen molar-refractivity contribution in [3.05, 3.63) is 58.6 Å². The highest BCUT2D eigenvalue weighted by Crippen LogP contribution is 2.36. The van der Waals surface area contributed by atoms with E-state index in [-0.39, 0.29) is 17.1 Å². The van der Waals surface area contributed by atoms with Gasteiger partial charge in [0.05, 0.1) is 12.8 Å². The van der Waals surface area contributed by atoms with Gasteiger partial charge >= 0.3 is 0 Å². The number of nitrogens with zero attached hydrogens (tertiary/aromatic N) is 2. The lowest BCUT2D eigenvalue weighted by Gasteiger charge is -2.12. The van der Waals surface area contributed by atoms with Crippen LogP contribution in [0.15, 0.2) is 53.0 Å². The molecule has 0 radical (unpaired) electrons. The van der Waals surface area contributed by atoms with E-state index >= 15 is 0 Å². The first kappa shape index (κ1) is 16.8. The molecule has 0 bridgehead atoms. The molecule has 0 aliphatic carbocycles. The van der Waals surface area contributed by atoms with Gasteiger partial charge in [0, 0.05) is 15.6 Å². The van der Waals surface area contributed by atoms with E-state index in [2.05, 4.69) is 27.0 Å². The molecule has 1 aromatic heterocycles. The molecule has 6 heteroatoms. The molecule has 0 saturated carbocycles. The van der Waals surface area contributed by atoms with E-state index in [0.29, 0.717) is 22.6 Å². The summed E-state index contributed by atoms with van der Waals surface area (Å²) < 4.78 is 6.11. The number of nitriles is 1. The summed E-state index contributed by atoms with van der Waals surface area (Å²) in [5.41, 5.74) is 9.18. The molecule has 124 valence electrons. The van der Waals surface area contributed by atoms with Gasteiger partial charge in [0.15, 0.2) is 11.5 Å². The number of methoxy groups -OCH3 is 1. The number of phenols is 1. The first-order valence-electron chi connectivity index (χ1n) is 7.37. The predicted molar refractivity (Wildman–Crippen MR) is 100 cm³/mol. The van der Waals surface area contributed by atoms with Gasteiger partial charge < -0.3 is 15.6 Å². The average Bonchev–Trinajstić information content (AvgIpc) is 2.62. The molecule has 25 heavy (non-hydrogen) atoms. The van der Waals surface area contributed by atoms with Crippen LogP contribution < -0.4 is 10.5 Å². The first-order chi connectivity index (χ1) is 12.0. The third kappa shape index (κ3) is 3.28. The number of aromatic hydroxyl groups is 1. The molecule has 0 fully saturated rings. The van der Waals surface area contributed by atoms with Gasteiger partial charge in [-0.25, -0.2) is 4.98 Å². The van der Waals surface area contributed by atoms with Crippen molar-refractivity contribution in [2.24, 2.45) is 0 Å². The van der Waals surface area contributed by atoms with Gasteiger partial charge in [0.25, 0.3) is 0 Å². The molecule has 1 heterocycles. The standard InChI is InChI=1S/C19H14BrN3O2/c1-25-18-8-12(4-7-17(18)24)14-9-16(23-19(22)15(14)10-21)11-2-5-13(20)6-3-11/h2-9,24H,1H3,(H2,22,23). The van der Waals surface area contributed by atoms with Crippen LogP contribution in [0, 0.1) is 11.3 Å². The van der Waals surface area contributed by atoms with Gasteiger partial charge in [-0.1, -0.05) is 34.1 Å². The zero-order valence-corrected chi connectivity index (χ0v) is 14.9. The fraction of sp³-hybridized carbons (Fsp3) is 0.0526. The number of halogens is 1. The molecular weight excluding hydrogens is 382 g/mol. The van der Waals surface area contributed by atoms with Crippen molar-refractivity contribution in [3.8, 4) is 40.0 Å². The number of anilines is 1. The second-order valence-corrected chi connectivity index (χ2v) is 6.24. The molecule has 0 spiro atoms. The smallest absolute Gasteiger partial charge is 0.161 e. The molecule has 0 aliphatic rings. The Balaban J connectivity index is 2.21. The Kier molecular flexibility index (Phi) is 4.59. The van der Waals surface area contributed by atoms with E-state index in [9.17, 15) is 10.4 Å². The Hall–Kier alpha value is -3.04. The SMILES string of the molecule is COc1cc(-c2cc(-c3ccc(Br)cc3)nc(N)c2C#N)ccc1O. The van der Waals surface area contributed by atoms with Crippen LogP contribution in [-0.2, 0) is 0 Å². The molecule has 0 amide bonds. The maximum atomic E-state index is 9.79. The third-order valence-electron chi connectivity index (χ3n) is 3.79. The summed E-state index contributed by atoms with van der Waals surface area (Å²) in [5, 5.41) is 19.3. The monoisotopic (exact) mass is 395 g/mol. The summed E-state index contributed by atoms with van der Waals surface area (Å²) in [7, 11) is 1.47. The summed E-state index contributed by atoms with van der Waals surface area (Å²) in [5.74, 6) is 0.506. The van der Waals surface area contributed by atoms with Crippen LogP contribution in [0.5, 0.6) is 11.5 Å². The van der Waals surface area contributed by atoms with E-state index in [1.165, 1.54) is 13.2 Å². The summed E-state index contributed by atoms with van der Waals surface area (Å²) >= 11 is 3.40. The zero-order chi connectivity index (χ0) is 18.0. The summed E-state index contributed by atoms with van der Waals surface area (Å²) in [6.45, 7) is 0. The van der Waals surface area contributed by atoms with Gasteiger partial charge in [-0.15, -0.1) is 0 Å². The van der Waals surface area contributed by atoms with Crippen LogP contribution >= 0.6 is 15.9 Å². The Morgan fingerprint density at radius 2 is 1.80 bits per heavy atom. The van der Waals surface area contributed by atoms with E-state index < -0.39 is 0 Å². The van der Waals surface area contributed by atoms with Gasteiger partial charge in [-0.05, 0) is 35.9 Å². The van der Waals surface area contributed by atoms with Crippen molar-refractivity contribution in [3.63, 3.8) is 0 Å². The lowest BCUT2D eigenvalue weighted by atomic mass is 9.98. The Morgan fingerprint density at radius 3 is 2.44 bits per heavy atom. The quantitative estimate of drug-likeness (QED) is 0.687. The minimum absolute atomic E-state index is 0.0277. The lowest BCUT2D eigenvalue weighted by Crippen LogP contribution is -2.00. The average molecular weight is 396 g/mol. The number of phenolic OH excluding ortho intramolecular Hbond substituents is 1. The van der Waals surface area contributed by atoms with Crippen molar-refractivity contribution < 1.29 is 9.84 Å². The van der Waals surface area contributed by atoms with Gasteiger partial charge in [-0.2, -0.15) is 5.26 Å². The maximum absolute atomic E-state index is 9.79. The second-order valence-electron chi connectivity index (χ2n) is 5.32. The lowest BCUT2D eigenvalue weighted by molar-refractivity contribution is 0.373. The van der Waals surface area contributed by atoms with Crippen molar-refractivity contribution >= 4 is 21.7 Å². The molecule has 0 atom stereocenters. The van der Waals surface area contributed by atoms with E-state index in [0.717, 1.165) is 10.0 Å². The number of ether oxygens (including phenoxy) is 1. The first-order valence-corrected chi connectivity index (χ1v) is 8.16. The van der Waals surface area contributed by atoms with Crippen LogP contribution in [0.3, 0.4) is 0 Å². The number of nitrogen functional groups attached to an aromatic ring is 1. The topological polar surface area (TPSA) is 92.2 Å². The molecule has 0 unspecified atom stereocenters. The minimum Gasteiger partial charge on any atom is -0.504 e. The van der Waals surface area contributed by atoms with E-state index in [1.54, 1.807) is 12.1 Å². The number of nitrogens with two attached hydrogens (primary N) is 1. The van der Waals surface area contributed by atoms with Crippen molar-refractivity contribution in [1.29, 1.82) is 5.26 Å². The normalized spacial score (nSPS) is 10.3. The fourth-order valence-corrected chi connectivity index (χ4v) is 2.79. The van der Waals surface area contributed by atoms with E-state index in [4.69, 9.17) is 10.5 Å². The Morgan fingerprint density at radius 1 is 1.12 bits per heavy atom. The summed E-state index contributed by atoms with van der Waals surface area (Å²) in [6, 6.07) is 16.5. The van der Waals surface area contributed by atoms with E-state index in [1.807, 2.05) is 30.3 Å².